The lowest BCUT2D eigenvalue weighted by atomic mass is 10.3. The maximum atomic E-state index is 12.2. The molecular weight excluding hydrogens is 281 g/mol. The van der Waals surface area contributed by atoms with E-state index >= 15 is 0 Å². The Kier molecular flexibility index (Phi) is 7.92. The molecule has 0 aliphatic rings. The van der Waals surface area contributed by atoms with Crippen LogP contribution in [0, 0.1) is 0 Å². The topological polar surface area (TPSA) is 49.4 Å². The van der Waals surface area contributed by atoms with Crippen LogP contribution in [0.25, 0.3) is 0 Å². The summed E-state index contributed by atoms with van der Waals surface area (Å²) in [4.78, 5) is 0. The fourth-order valence-electron chi connectivity index (χ4n) is 1.54. The summed E-state index contributed by atoms with van der Waals surface area (Å²) in [5.41, 5.74) is 0. The number of hydrogen-bond donors (Lipinski definition) is 1. The van der Waals surface area contributed by atoms with Gasteiger partial charge in [-0.25, -0.2) is 8.42 Å². The maximum absolute atomic E-state index is 12.2. The van der Waals surface area contributed by atoms with Crippen LogP contribution < -0.4 is 5.32 Å². The molecule has 0 amide bonds. The highest BCUT2D eigenvalue weighted by molar-refractivity contribution is 7.89. The second-order valence-electron chi connectivity index (χ2n) is 4.67. The summed E-state index contributed by atoms with van der Waals surface area (Å²) >= 11 is 0. The molecule has 0 radical (unpaired) electrons. The van der Waals surface area contributed by atoms with Gasteiger partial charge in [0.25, 0.3) is 0 Å². The average Bonchev–Trinajstić information content (AvgIpc) is 2.23. The first kappa shape index (κ1) is 18.7. The van der Waals surface area contributed by atoms with Gasteiger partial charge in [-0.15, -0.1) is 0 Å². The normalized spacial score (nSPS) is 13.5. The first-order valence-corrected chi connectivity index (χ1v) is 7.97. The summed E-state index contributed by atoms with van der Waals surface area (Å²) in [7, 11) is -3.82. The lowest BCUT2D eigenvalue weighted by Gasteiger charge is -2.21. The van der Waals surface area contributed by atoms with Crippen LogP contribution in [0.3, 0.4) is 0 Å². The van der Waals surface area contributed by atoms with E-state index in [2.05, 4.69) is 5.32 Å². The molecule has 0 heterocycles. The molecule has 0 saturated carbocycles. The molecule has 0 aromatic heterocycles. The zero-order valence-electron chi connectivity index (χ0n) is 11.6. The molecule has 0 bridgehead atoms. The van der Waals surface area contributed by atoms with Crippen molar-refractivity contribution in [2.75, 3.05) is 25.4 Å². The van der Waals surface area contributed by atoms with Crippen LogP contribution in [0.4, 0.5) is 13.2 Å². The molecule has 0 fully saturated rings. The van der Waals surface area contributed by atoms with Crippen molar-refractivity contribution in [1.29, 1.82) is 0 Å². The number of nitrogens with one attached hydrogen (secondary N) is 1. The van der Waals surface area contributed by atoms with Crippen molar-refractivity contribution in [2.24, 2.45) is 0 Å². The number of nitrogens with zero attached hydrogens (tertiary/aromatic N) is 1. The Morgan fingerprint density at radius 1 is 1.21 bits per heavy atom. The van der Waals surface area contributed by atoms with E-state index < -0.39 is 22.7 Å². The van der Waals surface area contributed by atoms with Gasteiger partial charge in [-0.05, 0) is 19.4 Å². The van der Waals surface area contributed by atoms with E-state index in [1.54, 1.807) is 0 Å². The number of unbranched alkanes of at least 4 members (excludes halogenated alkanes) is 1. The Bertz CT molecular complexity index is 342. The van der Waals surface area contributed by atoms with E-state index in [1.807, 2.05) is 13.8 Å². The maximum Gasteiger partial charge on any atom is 0.402 e. The van der Waals surface area contributed by atoms with Crippen molar-refractivity contribution >= 4 is 10.0 Å². The zero-order chi connectivity index (χ0) is 15.1. The predicted octanol–water partition coefficient (Wildman–Crippen LogP) is 1.98. The van der Waals surface area contributed by atoms with Crippen LogP contribution in [-0.4, -0.2) is 50.3 Å². The quantitative estimate of drug-likeness (QED) is 0.663. The van der Waals surface area contributed by atoms with E-state index in [1.165, 1.54) is 6.92 Å². The predicted molar refractivity (Wildman–Crippen MR) is 69.5 cm³/mol. The van der Waals surface area contributed by atoms with Crippen LogP contribution >= 0.6 is 0 Å². The third-order valence-electron chi connectivity index (χ3n) is 2.48. The summed E-state index contributed by atoms with van der Waals surface area (Å²) in [6.07, 6.45) is -3.51. The Labute approximate surface area is 113 Å². The molecule has 4 nitrogen and oxygen atoms in total. The molecule has 0 saturated heterocycles. The van der Waals surface area contributed by atoms with Gasteiger partial charge < -0.3 is 5.32 Å². The van der Waals surface area contributed by atoms with Gasteiger partial charge in [0.05, 0.1) is 5.75 Å². The Balaban J connectivity index is 4.20. The first-order valence-electron chi connectivity index (χ1n) is 6.36. The molecule has 19 heavy (non-hydrogen) atoms. The minimum Gasteiger partial charge on any atom is -0.315 e. The summed E-state index contributed by atoms with van der Waals surface area (Å²) in [6.45, 7) is 4.45. The molecule has 0 rings (SSSR count). The number of hydrogen-bond acceptors (Lipinski definition) is 3. The van der Waals surface area contributed by atoms with Crippen LogP contribution in [-0.2, 0) is 10.0 Å². The summed E-state index contributed by atoms with van der Waals surface area (Å²) in [6, 6.07) is 0.314. The molecule has 0 aromatic carbocycles. The Morgan fingerprint density at radius 3 is 2.21 bits per heavy atom. The average molecular weight is 304 g/mol. The fourth-order valence-corrected chi connectivity index (χ4v) is 3.10. The van der Waals surface area contributed by atoms with Crippen molar-refractivity contribution in [2.45, 2.75) is 45.8 Å². The van der Waals surface area contributed by atoms with E-state index in [-0.39, 0.29) is 12.3 Å². The van der Waals surface area contributed by atoms with Crippen LogP contribution in [0.5, 0.6) is 0 Å². The Morgan fingerprint density at radius 2 is 1.79 bits per heavy atom. The highest BCUT2D eigenvalue weighted by Gasteiger charge is 2.35. The Hall–Kier alpha value is -0.340. The monoisotopic (exact) mass is 304 g/mol. The van der Waals surface area contributed by atoms with Crippen molar-refractivity contribution in [3.63, 3.8) is 0 Å². The highest BCUT2D eigenvalue weighted by atomic mass is 32.2. The smallest absolute Gasteiger partial charge is 0.315 e. The molecular formula is C11H23F3N2O2S. The van der Waals surface area contributed by atoms with Gasteiger partial charge in [-0.3, -0.25) is 0 Å². The summed E-state index contributed by atoms with van der Waals surface area (Å²) < 4.78 is 60.7. The number of rotatable bonds is 9. The SMILES string of the molecule is CCN(CC(F)(F)F)S(=O)(=O)CCCCNC(C)C. The van der Waals surface area contributed by atoms with Gasteiger partial charge in [0.15, 0.2) is 0 Å². The van der Waals surface area contributed by atoms with Crippen molar-refractivity contribution < 1.29 is 21.6 Å². The van der Waals surface area contributed by atoms with Crippen LogP contribution in [0.1, 0.15) is 33.6 Å². The van der Waals surface area contributed by atoms with Crippen molar-refractivity contribution in [1.82, 2.24) is 9.62 Å². The standard InChI is InChI=1S/C11H23F3N2O2S/c1-4-16(9-11(12,13)14)19(17,18)8-6-5-7-15-10(2)3/h10,15H,4-9H2,1-3H3. The van der Waals surface area contributed by atoms with Gasteiger partial charge in [0, 0.05) is 12.6 Å². The van der Waals surface area contributed by atoms with E-state index in [0.717, 1.165) is 0 Å². The van der Waals surface area contributed by atoms with Gasteiger partial charge in [0.1, 0.15) is 6.54 Å². The zero-order valence-corrected chi connectivity index (χ0v) is 12.4. The van der Waals surface area contributed by atoms with Gasteiger partial charge in [-0.1, -0.05) is 20.8 Å². The molecule has 1 N–H and O–H groups in total. The molecule has 0 aliphatic heterocycles. The van der Waals surface area contributed by atoms with E-state index in [0.29, 0.717) is 29.7 Å². The third-order valence-corrected chi connectivity index (χ3v) is 4.46. The minimum atomic E-state index is -4.50. The lowest BCUT2D eigenvalue weighted by molar-refractivity contribution is -0.135. The molecule has 0 aromatic rings. The molecule has 0 atom stereocenters. The fraction of sp³-hybridized carbons (Fsp3) is 1.00. The van der Waals surface area contributed by atoms with E-state index in [9.17, 15) is 21.6 Å². The molecule has 0 aliphatic carbocycles. The second-order valence-corrected chi connectivity index (χ2v) is 6.76. The van der Waals surface area contributed by atoms with Crippen LogP contribution in [0.2, 0.25) is 0 Å². The van der Waals surface area contributed by atoms with Crippen LogP contribution in [0.15, 0.2) is 0 Å². The molecule has 116 valence electrons. The second kappa shape index (κ2) is 8.06. The van der Waals surface area contributed by atoms with Gasteiger partial charge in [-0.2, -0.15) is 17.5 Å². The number of alkyl halides is 3. The van der Waals surface area contributed by atoms with Crippen molar-refractivity contribution in [3.8, 4) is 0 Å². The lowest BCUT2D eigenvalue weighted by Crippen LogP contribution is -2.40. The number of sulfonamides is 1. The largest absolute Gasteiger partial charge is 0.402 e. The minimum absolute atomic E-state index is 0.161. The molecule has 0 unspecified atom stereocenters. The highest BCUT2D eigenvalue weighted by Crippen LogP contribution is 2.18. The molecule has 0 spiro atoms. The summed E-state index contributed by atoms with van der Waals surface area (Å²) in [5, 5.41) is 3.12. The summed E-state index contributed by atoms with van der Waals surface area (Å²) in [5.74, 6) is -0.239. The first-order chi connectivity index (χ1) is 8.58. The van der Waals surface area contributed by atoms with Crippen molar-refractivity contribution in [3.05, 3.63) is 0 Å². The third kappa shape index (κ3) is 9.23. The molecule has 8 heteroatoms. The van der Waals surface area contributed by atoms with E-state index in [4.69, 9.17) is 0 Å². The number of halogens is 3. The van der Waals surface area contributed by atoms with Gasteiger partial charge >= 0.3 is 6.18 Å². The van der Waals surface area contributed by atoms with Gasteiger partial charge in [0.2, 0.25) is 10.0 Å².